The van der Waals surface area contributed by atoms with Crippen molar-refractivity contribution in [3.63, 3.8) is 0 Å². The van der Waals surface area contributed by atoms with Gasteiger partial charge in [0.15, 0.2) is 0 Å². The van der Waals surface area contributed by atoms with Gasteiger partial charge in [-0.15, -0.1) is 0 Å². The molecule has 2 rings (SSSR count). The standard InChI is InChI=1S/C10H7BrClN3/c11-9-5-10(14-6-13-9)15-8-3-1-2-7(12)4-8/h1-6H,(H,13,14,15). The first-order valence-electron chi connectivity index (χ1n) is 4.24. The highest BCUT2D eigenvalue weighted by atomic mass is 79.9. The number of hydrogen-bond donors (Lipinski definition) is 1. The first-order valence-corrected chi connectivity index (χ1v) is 5.41. The van der Waals surface area contributed by atoms with Gasteiger partial charge in [-0.05, 0) is 34.1 Å². The Morgan fingerprint density at radius 3 is 2.80 bits per heavy atom. The maximum absolute atomic E-state index is 5.86. The van der Waals surface area contributed by atoms with Gasteiger partial charge >= 0.3 is 0 Å². The van der Waals surface area contributed by atoms with E-state index in [2.05, 4.69) is 31.2 Å². The van der Waals surface area contributed by atoms with E-state index >= 15 is 0 Å². The van der Waals surface area contributed by atoms with Crippen molar-refractivity contribution in [2.45, 2.75) is 0 Å². The van der Waals surface area contributed by atoms with Crippen LogP contribution in [0.1, 0.15) is 0 Å². The molecule has 0 saturated heterocycles. The van der Waals surface area contributed by atoms with E-state index in [1.807, 2.05) is 24.3 Å². The SMILES string of the molecule is Clc1cccc(Nc2cc(Br)ncn2)c1. The van der Waals surface area contributed by atoms with E-state index in [1.54, 1.807) is 6.07 Å². The van der Waals surface area contributed by atoms with Crippen LogP contribution in [-0.4, -0.2) is 9.97 Å². The number of anilines is 2. The molecule has 0 bridgehead atoms. The van der Waals surface area contributed by atoms with Crippen molar-refractivity contribution in [2.24, 2.45) is 0 Å². The molecule has 0 aliphatic carbocycles. The summed E-state index contributed by atoms with van der Waals surface area (Å²) in [5.41, 5.74) is 0.896. The molecule has 1 heterocycles. The summed E-state index contributed by atoms with van der Waals surface area (Å²) in [6.07, 6.45) is 1.48. The van der Waals surface area contributed by atoms with Crippen LogP contribution in [0.25, 0.3) is 0 Å². The van der Waals surface area contributed by atoms with Crippen LogP contribution >= 0.6 is 27.5 Å². The van der Waals surface area contributed by atoms with Gasteiger partial charge in [0.1, 0.15) is 16.7 Å². The second kappa shape index (κ2) is 4.59. The Morgan fingerprint density at radius 2 is 2.07 bits per heavy atom. The van der Waals surface area contributed by atoms with Crippen LogP contribution < -0.4 is 5.32 Å². The van der Waals surface area contributed by atoms with Gasteiger partial charge in [0.25, 0.3) is 0 Å². The highest BCUT2D eigenvalue weighted by molar-refractivity contribution is 9.10. The van der Waals surface area contributed by atoms with E-state index in [9.17, 15) is 0 Å². The molecule has 1 aromatic carbocycles. The van der Waals surface area contributed by atoms with Crippen LogP contribution in [0.15, 0.2) is 41.3 Å². The van der Waals surface area contributed by atoms with Gasteiger partial charge in [-0.1, -0.05) is 17.7 Å². The first-order chi connectivity index (χ1) is 7.24. The molecule has 1 aromatic heterocycles. The first kappa shape index (κ1) is 10.4. The lowest BCUT2D eigenvalue weighted by molar-refractivity contribution is 1.14. The Labute approximate surface area is 101 Å². The predicted octanol–water partition coefficient (Wildman–Crippen LogP) is 3.64. The smallest absolute Gasteiger partial charge is 0.134 e. The van der Waals surface area contributed by atoms with E-state index in [-0.39, 0.29) is 0 Å². The number of benzene rings is 1. The summed E-state index contributed by atoms with van der Waals surface area (Å²) in [4.78, 5) is 8.01. The third-order valence-electron chi connectivity index (χ3n) is 1.73. The van der Waals surface area contributed by atoms with Crippen molar-refractivity contribution in [2.75, 3.05) is 5.32 Å². The van der Waals surface area contributed by atoms with Crippen LogP contribution in [-0.2, 0) is 0 Å². The zero-order valence-electron chi connectivity index (χ0n) is 7.61. The van der Waals surface area contributed by atoms with Crippen molar-refractivity contribution in [3.8, 4) is 0 Å². The molecule has 0 amide bonds. The highest BCUT2D eigenvalue weighted by Crippen LogP contribution is 2.19. The summed E-state index contributed by atoms with van der Waals surface area (Å²) < 4.78 is 0.738. The fourth-order valence-electron chi connectivity index (χ4n) is 1.12. The lowest BCUT2D eigenvalue weighted by atomic mass is 10.3. The number of rotatable bonds is 2. The van der Waals surface area contributed by atoms with E-state index in [1.165, 1.54) is 6.33 Å². The number of nitrogens with zero attached hydrogens (tertiary/aromatic N) is 2. The molecular weight excluding hydrogens is 277 g/mol. The third-order valence-corrected chi connectivity index (χ3v) is 2.40. The molecule has 15 heavy (non-hydrogen) atoms. The summed E-state index contributed by atoms with van der Waals surface area (Å²) in [5, 5.41) is 3.81. The average Bonchev–Trinajstić information content (AvgIpc) is 2.17. The fourth-order valence-corrected chi connectivity index (χ4v) is 1.61. The van der Waals surface area contributed by atoms with Crippen LogP contribution in [0, 0.1) is 0 Å². The van der Waals surface area contributed by atoms with Crippen molar-refractivity contribution >= 4 is 39.0 Å². The van der Waals surface area contributed by atoms with E-state index in [0.29, 0.717) is 5.02 Å². The van der Waals surface area contributed by atoms with Gasteiger partial charge in [0, 0.05) is 16.8 Å². The van der Waals surface area contributed by atoms with Crippen molar-refractivity contribution in [3.05, 3.63) is 46.3 Å². The molecule has 0 unspecified atom stereocenters. The molecule has 0 aliphatic heterocycles. The molecule has 1 N–H and O–H groups in total. The van der Waals surface area contributed by atoms with Gasteiger partial charge in [0.2, 0.25) is 0 Å². The largest absolute Gasteiger partial charge is 0.340 e. The Bertz CT molecular complexity index is 432. The minimum atomic E-state index is 0.688. The van der Waals surface area contributed by atoms with Crippen molar-refractivity contribution in [1.29, 1.82) is 0 Å². The number of nitrogens with one attached hydrogen (secondary N) is 1. The average molecular weight is 285 g/mol. The number of halogens is 2. The zero-order valence-corrected chi connectivity index (χ0v) is 9.96. The third kappa shape index (κ3) is 2.91. The van der Waals surface area contributed by atoms with Gasteiger partial charge in [-0.25, -0.2) is 9.97 Å². The van der Waals surface area contributed by atoms with Gasteiger partial charge < -0.3 is 5.32 Å². The van der Waals surface area contributed by atoms with E-state index in [0.717, 1.165) is 16.1 Å². The Morgan fingerprint density at radius 1 is 1.20 bits per heavy atom. The van der Waals surface area contributed by atoms with Crippen LogP contribution in [0.4, 0.5) is 11.5 Å². The highest BCUT2D eigenvalue weighted by Gasteiger charge is 1.97. The Kier molecular flexibility index (Phi) is 3.18. The second-order valence-electron chi connectivity index (χ2n) is 2.86. The normalized spacial score (nSPS) is 10.0. The summed E-state index contributed by atoms with van der Waals surface area (Å²) in [6.45, 7) is 0. The van der Waals surface area contributed by atoms with Crippen molar-refractivity contribution in [1.82, 2.24) is 9.97 Å². The summed E-state index contributed by atoms with van der Waals surface area (Å²) in [7, 11) is 0. The van der Waals surface area contributed by atoms with Crippen LogP contribution in [0.3, 0.4) is 0 Å². The molecule has 76 valence electrons. The maximum atomic E-state index is 5.86. The molecular formula is C10H7BrClN3. The molecule has 5 heteroatoms. The van der Waals surface area contributed by atoms with Crippen molar-refractivity contribution < 1.29 is 0 Å². The Balaban J connectivity index is 2.22. The summed E-state index contributed by atoms with van der Waals surface area (Å²) in [6, 6.07) is 9.24. The number of hydrogen-bond acceptors (Lipinski definition) is 3. The fraction of sp³-hybridized carbons (Fsp3) is 0. The predicted molar refractivity (Wildman–Crippen MR) is 64.5 cm³/mol. The summed E-state index contributed by atoms with van der Waals surface area (Å²) >= 11 is 9.13. The van der Waals surface area contributed by atoms with Crippen LogP contribution in [0.2, 0.25) is 5.02 Å². The topological polar surface area (TPSA) is 37.8 Å². The quantitative estimate of drug-likeness (QED) is 0.856. The lowest BCUT2D eigenvalue weighted by Crippen LogP contribution is -1.93. The molecule has 3 nitrogen and oxygen atoms in total. The maximum Gasteiger partial charge on any atom is 0.134 e. The van der Waals surface area contributed by atoms with Crippen LogP contribution in [0.5, 0.6) is 0 Å². The minimum Gasteiger partial charge on any atom is -0.340 e. The molecule has 0 aliphatic rings. The zero-order chi connectivity index (χ0) is 10.7. The molecule has 0 saturated carbocycles. The van der Waals surface area contributed by atoms with E-state index in [4.69, 9.17) is 11.6 Å². The molecule has 0 atom stereocenters. The second-order valence-corrected chi connectivity index (χ2v) is 4.11. The molecule has 0 radical (unpaired) electrons. The monoisotopic (exact) mass is 283 g/mol. The molecule has 2 aromatic rings. The Hall–Kier alpha value is -1.13. The molecule has 0 spiro atoms. The minimum absolute atomic E-state index is 0.688. The van der Waals surface area contributed by atoms with Gasteiger partial charge in [-0.2, -0.15) is 0 Å². The molecule has 0 fully saturated rings. The van der Waals surface area contributed by atoms with Gasteiger partial charge in [-0.3, -0.25) is 0 Å². The lowest BCUT2D eigenvalue weighted by Gasteiger charge is -2.05. The van der Waals surface area contributed by atoms with Gasteiger partial charge in [0.05, 0.1) is 0 Å². The number of aromatic nitrogens is 2. The van der Waals surface area contributed by atoms with E-state index < -0.39 is 0 Å². The summed E-state index contributed by atoms with van der Waals surface area (Å²) in [5.74, 6) is 0.721.